The second-order valence-corrected chi connectivity index (χ2v) is 3.46. The highest BCUT2D eigenvalue weighted by atomic mass is 35.5. The van der Waals surface area contributed by atoms with Crippen molar-refractivity contribution in [1.29, 1.82) is 0 Å². The van der Waals surface area contributed by atoms with Gasteiger partial charge in [0.15, 0.2) is 0 Å². The standard InChI is InChI=1S/C9H8ClN3O/c1-6(10)9-12-8(13-14-9)7-2-4-11-5-3-7/h2-6H,1H3/t6-/m1/s1. The van der Waals surface area contributed by atoms with Crippen LogP contribution in [0.4, 0.5) is 0 Å². The van der Waals surface area contributed by atoms with Crippen molar-refractivity contribution < 1.29 is 4.52 Å². The topological polar surface area (TPSA) is 51.8 Å². The Labute approximate surface area is 85.9 Å². The van der Waals surface area contributed by atoms with Crippen molar-refractivity contribution in [1.82, 2.24) is 15.1 Å². The fourth-order valence-corrected chi connectivity index (χ4v) is 1.10. The molecule has 2 aromatic heterocycles. The van der Waals surface area contributed by atoms with Gasteiger partial charge in [0, 0.05) is 18.0 Å². The van der Waals surface area contributed by atoms with E-state index in [0.29, 0.717) is 11.7 Å². The van der Waals surface area contributed by atoms with E-state index in [1.807, 2.05) is 12.1 Å². The lowest BCUT2D eigenvalue weighted by Gasteiger charge is -1.91. The zero-order valence-corrected chi connectivity index (χ0v) is 8.27. The maximum atomic E-state index is 5.80. The molecule has 72 valence electrons. The molecule has 0 aliphatic rings. The average Bonchev–Trinajstić information content (AvgIpc) is 2.68. The number of nitrogens with zero attached hydrogens (tertiary/aromatic N) is 3. The van der Waals surface area contributed by atoms with Crippen molar-refractivity contribution in [2.24, 2.45) is 0 Å². The van der Waals surface area contributed by atoms with E-state index in [2.05, 4.69) is 15.1 Å². The molecule has 1 atom stereocenters. The molecule has 5 heteroatoms. The molecule has 0 unspecified atom stereocenters. The number of aromatic nitrogens is 3. The van der Waals surface area contributed by atoms with Gasteiger partial charge in [-0.05, 0) is 19.1 Å². The molecule has 2 rings (SSSR count). The van der Waals surface area contributed by atoms with Crippen molar-refractivity contribution in [3.05, 3.63) is 30.4 Å². The highest BCUT2D eigenvalue weighted by Gasteiger charge is 2.12. The van der Waals surface area contributed by atoms with Gasteiger partial charge in [0.1, 0.15) is 5.38 Å². The van der Waals surface area contributed by atoms with Crippen molar-refractivity contribution in [3.8, 4) is 11.4 Å². The van der Waals surface area contributed by atoms with Gasteiger partial charge in [-0.1, -0.05) is 5.16 Å². The summed E-state index contributed by atoms with van der Waals surface area (Å²) < 4.78 is 4.97. The molecular weight excluding hydrogens is 202 g/mol. The van der Waals surface area contributed by atoms with Crippen LogP contribution in [0.1, 0.15) is 18.2 Å². The third-order valence-electron chi connectivity index (χ3n) is 1.72. The summed E-state index contributed by atoms with van der Waals surface area (Å²) in [6.07, 6.45) is 3.35. The van der Waals surface area contributed by atoms with Crippen LogP contribution < -0.4 is 0 Å². The van der Waals surface area contributed by atoms with Crippen molar-refractivity contribution in [3.63, 3.8) is 0 Å². The van der Waals surface area contributed by atoms with Crippen LogP contribution in [0.5, 0.6) is 0 Å². The Morgan fingerprint density at radius 2 is 2.07 bits per heavy atom. The first-order valence-corrected chi connectivity index (χ1v) is 4.59. The quantitative estimate of drug-likeness (QED) is 0.713. The zero-order chi connectivity index (χ0) is 9.97. The van der Waals surface area contributed by atoms with Crippen molar-refractivity contribution >= 4 is 11.6 Å². The number of pyridine rings is 1. The molecule has 0 saturated heterocycles. The van der Waals surface area contributed by atoms with Crippen LogP contribution in [-0.4, -0.2) is 15.1 Å². The first-order valence-electron chi connectivity index (χ1n) is 4.15. The fourth-order valence-electron chi connectivity index (χ4n) is 1.02. The maximum Gasteiger partial charge on any atom is 0.244 e. The molecule has 4 nitrogen and oxygen atoms in total. The minimum absolute atomic E-state index is 0.266. The summed E-state index contributed by atoms with van der Waals surface area (Å²) in [6.45, 7) is 1.78. The zero-order valence-electron chi connectivity index (χ0n) is 7.51. The van der Waals surface area contributed by atoms with E-state index in [1.54, 1.807) is 19.3 Å². The van der Waals surface area contributed by atoms with Gasteiger partial charge in [-0.2, -0.15) is 4.98 Å². The van der Waals surface area contributed by atoms with Crippen LogP contribution in [0.2, 0.25) is 0 Å². The Morgan fingerprint density at radius 3 is 2.64 bits per heavy atom. The third-order valence-corrected chi connectivity index (χ3v) is 1.91. The molecule has 0 bridgehead atoms. The van der Waals surface area contributed by atoms with Crippen LogP contribution in [-0.2, 0) is 0 Å². The smallest absolute Gasteiger partial charge is 0.244 e. The van der Waals surface area contributed by atoms with Crippen LogP contribution in [0, 0.1) is 0 Å². The minimum atomic E-state index is -0.266. The van der Waals surface area contributed by atoms with Gasteiger partial charge in [0.25, 0.3) is 0 Å². The molecule has 2 heterocycles. The minimum Gasteiger partial charge on any atom is -0.337 e. The lowest BCUT2D eigenvalue weighted by molar-refractivity contribution is 0.379. The molecule has 0 aliphatic heterocycles. The number of rotatable bonds is 2. The Kier molecular flexibility index (Phi) is 2.45. The van der Waals surface area contributed by atoms with Gasteiger partial charge in [-0.25, -0.2) is 0 Å². The molecule has 0 N–H and O–H groups in total. The number of alkyl halides is 1. The maximum absolute atomic E-state index is 5.80. The highest BCUT2D eigenvalue weighted by Crippen LogP contribution is 2.20. The predicted octanol–water partition coefficient (Wildman–Crippen LogP) is 2.43. The number of halogens is 1. The third kappa shape index (κ3) is 1.75. The van der Waals surface area contributed by atoms with Crippen molar-refractivity contribution in [2.75, 3.05) is 0 Å². The molecule has 0 spiro atoms. The molecule has 2 aromatic rings. The molecule has 0 aromatic carbocycles. The van der Waals surface area contributed by atoms with Gasteiger partial charge in [0.2, 0.25) is 11.7 Å². The van der Waals surface area contributed by atoms with Gasteiger partial charge in [-0.15, -0.1) is 11.6 Å². The molecule has 0 radical (unpaired) electrons. The second-order valence-electron chi connectivity index (χ2n) is 2.81. The molecule has 0 amide bonds. The van der Waals surface area contributed by atoms with Crippen molar-refractivity contribution in [2.45, 2.75) is 12.3 Å². The molecular formula is C9H8ClN3O. The van der Waals surface area contributed by atoms with Gasteiger partial charge >= 0.3 is 0 Å². The highest BCUT2D eigenvalue weighted by molar-refractivity contribution is 6.20. The molecule has 0 fully saturated rings. The van der Waals surface area contributed by atoms with Gasteiger partial charge in [0.05, 0.1) is 0 Å². The first kappa shape index (κ1) is 9.15. The Bertz CT molecular complexity index is 413. The summed E-state index contributed by atoms with van der Waals surface area (Å²) in [5.41, 5.74) is 0.868. The molecule has 0 saturated carbocycles. The lowest BCUT2D eigenvalue weighted by Crippen LogP contribution is -1.84. The second kappa shape index (κ2) is 3.75. The summed E-state index contributed by atoms with van der Waals surface area (Å²) in [7, 11) is 0. The first-order chi connectivity index (χ1) is 6.77. The molecule has 14 heavy (non-hydrogen) atoms. The largest absolute Gasteiger partial charge is 0.337 e. The van der Waals surface area contributed by atoms with Gasteiger partial charge in [-0.3, -0.25) is 4.98 Å². The Morgan fingerprint density at radius 1 is 1.36 bits per heavy atom. The predicted molar refractivity (Wildman–Crippen MR) is 51.8 cm³/mol. The number of hydrogen-bond donors (Lipinski definition) is 0. The fraction of sp³-hybridized carbons (Fsp3) is 0.222. The van der Waals surface area contributed by atoms with Gasteiger partial charge < -0.3 is 4.52 Å². The molecule has 0 aliphatic carbocycles. The van der Waals surface area contributed by atoms with Crippen LogP contribution >= 0.6 is 11.6 Å². The lowest BCUT2D eigenvalue weighted by atomic mass is 10.2. The van der Waals surface area contributed by atoms with Crippen LogP contribution in [0.25, 0.3) is 11.4 Å². The number of hydrogen-bond acceptors (Lipinski definition) is 4. The average molecular weight is 210 g/mol. The van der Waals surface area contributed by atoms with Crippen LogP contribution in [0.3, 0.4) is 0 Å². The van der Waals surface area contributed by atoms with E-state index in [9.17, 15) is 0 Å². The summed E-state index contributed by atoms with van der Waals surface area (Å²) in [4.78, 5) is 8.04. The normalized spacial score (nSPS) is 12.7. The summed E-state index contributed by atoms with van der Waals surface area (Å²) >= 11 is 5.80. The van der Waals surface area contributed by atoms with E-state index in [4.69, 9.17) is 16.1 Å². The van der Waals surface area contributed by atoms with E-state index >= 15 is 0 Å². The van der Waals surface area contributed by atoms with E-state index in [-0.39, 0.29) is 5.38 Å². The Balaban J connectivity index is 2.34. The summed E-state index contributed by atoms with van der Waals surface area (Å²) in [6, 6.07) is 3.63. The van der Waals surface area contributed by atoms with E-state index in [1.165, 1.54) is 0 Å². The summed E-state index contributed by atoms with van der Waals surface area (Å²) in [5.74, 6) is 0.966. The summed E-state index contributed by atoms with van der Waals surface area (Å²) in [5, 5.41) is 3.54. The monoisotopic (exact) mass is 209 g/mol. The van der Waals surface area contributed by atoms with Crippen LogP contribution in [0.15, 0.2) is 29.0 Å². The van der Waals surface area contributed by atoms with E-state index in [0.717, 1.165) is 5.56 Å². The SMILES string of the molecule is C[C@@H](Cl)c1nc(-c2ccncc2)no1. The van der Waals surface area contributed by atoms with E-state index < -0.39 is 0 Å². The Hall–Kier alpha value is -1.42.